The highest BCUT2D eigenvalue weighted by molar-refractivity contribution is 7.89. The number of nitrogens with one attached hydrogen (secondary N) is 2. The van der Waals surface area contributed by atoms with Gasteiger partial charge in [-0.3, -0.25) is 0 Å². The lowest BCUT2D eigenvalue weighted by molar-refractivity contribution is 0.332. The Hall–Kier alpha value is -0.130. The number of rotatable bonds is 6. The summed E-state index contributed by atoms with van der Waals surface area (Å²) in [5.41, 5.74) is 0.0669. The predicted molar refractivity (Wildman–Crippen MR) is 80.7 cm³/mol. The van der Waals surface area contributed by atoms with Crippen LogP contribution in [0.1, 0.15) is 59.8 Å². The molecule has 0 aromatic heterocycles. The summed E-state index contributed by atoms with van der Waals surface area (Å²) in [6, 6.07) is 0.709. The molecule has 0 aromatic rings. The van der Waals surface area contributed by atoms with Crippen LogP contribution in [0.5, 0.6) is 0 Å². The Morgan fingerprint density at radius 1 is 1.05 bits per heavy atom. The summed E-state index contributed by atoms with van der Waals surface area (Å²) < 4.78 is 26.9. The smallest absolute Gasteiger partial charge is 0.211 e. The van der Waals surface area contributed by atoms with Gasteiger partial charge in [0.05, 0.1) is 5.75 Å². The average molecular weight is 290 g/mol. The predicted octanol–water partition coefficient (Wildman–Crippen LogP) is 2.26. The first kappa shape index (κ1) is 16.9. The van der Waals surface area contributed by atoms with E-state index in [1.54, 1.807) is 0 Å². The maximum Gasteiger partial charge on any atom is 0.211 e. The Labute approximate surface area is 118 Å². The summed E-state index contributed by atoms with van der Waals surface area (Å²) in [4.78, 5) is 0. The van der Waals surface area contributed by atoms with Crippen LogP contribution in [0.3, 0.4) is 0 Å². The third-order valence-corrected chi connectivity index (χ3v) is 5.12. The summed E-state index contributed by atoms with van der Waals surface area (Å²) in [5, 5.41) is 3.44. The SMILES string of the molecule is CCNC1CCC(NS(=O)(=O)CCC(C)(C)C)CC1. The fraction of sp³-hybridized carbons (Fsp3) is 1.00. The van der Waals surface area contributed by atoms with Crippen LogP contribution in [0.25, 0.3) is 0 Å². The molecule has 0 unspecified atom stereocenters. The van der Waals surface area contributed by atoms with Gasteiger partial charge in [0.15, 0.2) is 0 Å². The third kappa shape index (κ3) is 7.28. The molecule has 4 nitrogen and oxygen atoms in total. The van der Waals surface area contributed by atoms with Crippen molar-refractivity contribution in [2.45, 2.75) is 71.9 Å². The summed E-state index contributed by atoms with van der Waals surface area (Å²) >= 11 is 0. The highest BCUT2D eigenvalue weighted by Gasteiger charge is 2.25. The van der Waals surface area contributed by atoms with Crippen LogP contribution in [0, 0.1) is 5.41 Å². The van der Waals surface area contributed by atoms with Crippen molar-refractivity contribution in [1.29, 1.82) is 0 Å². The van der Waals surface area contributed by atoms with Crippen LogP contribution in [0.2, 0.25) is 0 Å². The second-order valence-electron chi connectivity index (χ2n) is 6.85. The van der Waals surface area contributed by atoms with Crippen molar-refractivity contribution < 1.29 is 8.42 Å². The zero-order chi connectivity index (χ0) is 14.5. The van der Waals surface area contributed by atoms with Crippen molar-refractivity contribution in [2.24, 2.45) is 5.41 Å². The Kier molecular flexibility index (Phi) is 6.27. The molecule has 1 aliphatic carbocycles. The van der Waals surface area contributed by atoms with E-state index in [9.17, 15) is 8.42 Å². The fourth-order valence-corrected chi connectivity index (χ4v) is 4.20. The molecule has 0 spiro atoms. The van der Waals surface area contributed by atoms with Crippen LogP contribution in [0.15, 0.2) is 0 Å². The zero-order valence-corrected chi connectivity index (χ0v) is 13.6. The number of hydrogen-bond acceptors (Lipinski definition) is 3. The summed E-state index contributed by atoms with van der Waals surface area (Å²) in [5.74, 6) is 0.240. The van der Waals surface area contributed by atoms with Crippen molar-refractivity contribution in [3.8, 4) is 0 Å². The van der Waals surface area contributed by atoms with Gasteiger partial charge in [0, 0.05) is 12.1 Å². The van der Waals surface area contributed by atoms with E-state index in [1.165, 1.54) is 0 Å². The molecule has 2 N–H and O–H groups in total. The van der Waals surface area contributed by atoms with Gasteiger partial charge in [-0.25, -0.2) is 13.1 Å². The molecule has 0 aliphatic heterocycles. The van der Waals surface area contributed by atoms with E-state index in [0.717, 1.165) is 32.2 Å². The molecule has 1 rings (SSSR count). The Morgan fingerprint density at radius 3 is 2.05 bits per heavy atom. The average Bonchev–Trinajstić information content (AvgIpc) is 2.29. The van der Waals surface area contributed by atoms with Crippen molar-refractivity contribution in [1.82, 2.24) is 10.0 Å². The first-order valence-electron chi connectivity index (χ1n) is 7.45. The van der Waals surface area contributed by atoms with Gasteiger partial charge < -0.3 is 5.32 Å². The maximum absolute atomic E-state index is 12.0. The lowest BCUT2D eigenvalue weighted by Gasteiger charge is -2.29. The van der Waals surface area contributed by atoms with Gasteiger partial charge in [-0.15, -0.1) is 0 Å². The lowest BCUT2D eigenvalue weighted by Crippen LogP contribution is -2.43. The van der Waals surface area contributed by atoms with Crippen LogP contribution in [-0.2, 0) is 10.0 Å². The van der Waals surface area contributed by atoms with Gasteiger partial charge in [0.1, 0.15) is 0 Å². The van der Waals surface area contributed by atoms with Gasteiger partial charge >= 0.3 is 0 Å². The molecule has 0 atom stereocenters. The summed E-state index contributed by atoms with van der Waals surface area (Å²) in [6.07, 6.45) is 4.74. The highest BCUT2D eigenvalue weighted by Crippen LogP contribution is 2.21. The molecular formula is C14H30N2O2S. The van der Waals surface area contributed by atoms with Gasteiger partial charge in [-0.1, -0.05) is 27.7 Å². The molecule has 19 heavy (non-hydrogen) atoms. The van der Waals surface area contributed by atoms with E-state index in [4.69, 9.17) is 0 Å². The molecule has 0 bridgehead atoms. The first-order chi connectivity index (χ1) is 8.72. The van der Waals surface area contributed by atoms with Crippen molar-refractivity contribution in [2.75, 3.05) is 12.3 Å². The topological polar surface area (TPSA) is 58.2 Å². The second kappa shape index (κ2) is 7.04. The Bertz CT molecular complexity index is 352. The zero-order valence-electron chi connectivity index (χ0n) is 12.8. The third-order valence-electron chi connectivity index (χ3n) is 3.69. The van der Waals surface area contributed by atoms with Crippen molar-refractivity contribution in [3.05, 3.63) is 0 Å². The first-order valence-corrected chi connectivity index (χ1v) is 9.10. The van der Waals surface area contributed by atoms with Crippen LogP contribution in [-0.4, -0.2) is 32.8 Å². The Morgan fingerprint density at radius 2 is 1.58 bits per heavy atom. The second-order valence-corrected chi connectivity index (χ2v) is 8.73. The van der Waals surface area contributed by atoms with E-state index >= 15 is 0 Å². The normalized spacial score (nSPS) is 25.5. The molecule has 0 amide bonds. The van der Waals surface area contributed by atoms with E-state index in [1.807, 2.05) is 0 Å². The largest absolute Gasteiger partial charge is 0.314 e. The van der Waals surface area contributed by atoms with Crippen LogP contribution >= 0.6 is 0 Å². The standard InChI is InChI=1S/C14H30N2O2S/c1-5-15-12-6-8-13(9-7-12)16-19(17,18)11-10-14(2,3)4/h12-13,15-16H,5-11H2,1-4H3. The van der Waals surface area contributed by atoms with Crippen LogP contribution in [0.4, 0.5) is 0 Å². The highest BCUT2D eigenvalue weighted by atomic mass is 32.2. The molecule has 5 heteroatoms. The minimum atomic E-state index is -3.11. The van der Waals surface area contributed by atoms with Gasteiger partial charge in [-0.05, 0) is 44.1 Å². The molecule has 1 fully saturated rings. The quantitative estimate of drug-likeness (QED) is 0.789. The monoisotopic (exact) mass is 290 g/mol. The van der Waals surface area contributed by atoms with Crippen molar-refractivity contribution >= 4 is 10.0 Å². The maximum atomic E-state index is 12.0. The van der Waals surface area contributed by atoms with Gasteiger partial charge in [0.25, 0.3) is 0 Å². The fourth-order valence-electron chi connectivity index (χ4n) is 2.46. The van der Waals surface area contributed by atoms with E-state index in [-0.39, 0.29) is 17.2 Å². The van der Waals surface area contributed by atoms with Crippen LogP contribution < -0.4 is 10.0 Å². The van der Waals surface area contributed by atoms with Gasteiger partial charge in [-0.2, -0.15) is 0 Å². The molecule has 1 aliphatic rings. The minimum Gasteiger partial charge on any atom is -0.314 e. The molecule has 1 saturated carbocycles. The van der Waals surface area contributed by atoms with Crippen molar-refractivity contribution in [3.63, 3.8) is 0 Å². The van der Waals surface area contributed by atoms with Gasteiger partial charge in [0.2, 0.25) is 10.0 Å². The molecular weight excluding hydrogens is 260 g/mol. The van der Waals surface area contributed by atoms with E-state index in [2.05, 4.69) is 37.7 Å². The number of sulfonamides is 1. The summed E-state index contributed by atoms with van der Waals surface area (Å²) in [7, 11) is -3.11. The molecule has 0 heterocycles. The van der Waals surface area contributed by atoms with E-state index in [0.29, 0.717) is 12.5 Å². The molecule has 114 valence electrons. The molecule has 0 saturated heterocycles. The Balaban J connectivity index is 2.35. The van der Waals surface area contributed by atoms with E-state index < -0.39 is 10.0 Å². The molecule has 0 radical (unpaired) electrons. The summed E-state index contributed by atoms with van der Waals surface area (Å²) in [6.45, 7) is 9.33. The lowest BCUT2D eigenvalue weighted by atomic mass is 9.92. The molecule has 0 aromatic carbocycles. The minimum absolute atomic E-state index is 0.0669. The number of hydrogen-bond donors (Lipinski definition) is 2.